The largest absolute Gasteiger partial charge is 0.381 e. The van der Waals surface area contributed by atoms with Crippen LogP contribution in [0.15, 0.2) is 18.5 Å². The molecule has 0 aromatic carbocycles. The molecule has 0 saturated carbocycles. The lowest BCUT2D eigenvalue weighted by Crippen LogP contribution is -2.41. The lowest BCUT2D eigenvalue weighted by atomic mass is 9.97. The van der Waals surface area contributed by atoms with Crippen LogP contribution in [0.5, 0.6) is 0 Å². The van der Waals surface area contributed by atoms with Crippen LogP contribution in [0.1, 0.15) is 18.7 Å². The molecule has 6 heteroatoms. The van der Waals surface area contributed by atoms with Crippen LogP contribution in [-0.2, 0) is 20.7 Å². The molecule has 1 amide bonds. The summed E-state index contributed by atoms with van der Waals surface area (Å²) in [6.45, 7) is 4.08. The highest BCUT2D eigenvalue weighted by molar-refractivity contribution is 5.79. The molecule has 0 unspecified atom stereocenters. The molecular weight excluding hydrogens is 282 g/mol. The number of carbonyl (C=O) groups is 1. The molecule has 22 heavy (non-hydrogen) atoms. The van der Waals surface area contributed by atoms with E-state index in [1.807, 2.05) is 11.0 Å². The van der Waals surface area contributed by atoms with E-state index in [9.17, 15) is 4.79 Å². The van der Waals surface area contributed by atoms with Crippen LogP contribution < -0.4 is 0 Å². The summed E-state index contributed by atoms with van der Waals surface area (Å²) in [4.78, 5) is 23.2. The summed E-state index contributed by atoms with van der Waals surface area (Å²) in [5.74, 6) is 1.44. The van der Waals surface area contributed by atoms with Gasteiger partial charge in [-0.2, -0.15) is 0 Å². The first kappa shape index (κ1) is 15.4. The first-order valence-electron chi connectivity index (χ1n) is 8.03. The maximum atomic E-state index is 12.7. The summed E-state index contributed by atoms with van der Waals surface area (Å²) >= 11 is 0. The van der Waals surface area contributed by atoms with Crippen molar-refractivity contribution in [2.24, 2.45) is 11.8 Å². The molecule has 1 aromatic heterocycles. The van der Waals surface area contributed by atoms with E-state index in [1.54, 1.807) is 12.4 Å². The Hall–Kier alpha value is -1.53. The van der Waals surface area contributed by atoms with Crippen LogP contribution in [-0.4, -0.2) is 60.3 Å². The average Bonchev–Trinajstić information content (AvgIpc) is 2.81. The van der Waals surface area contributed by atoms with E-state index >= 15 is 0 Å². The van der Waals surface area contributed by atoms with E-state index in [1.165, 1.54) is 0 Å². The number of rotatable bonds is 3. The predicted octanol–water partition coefficient (Wildman–Crippen LogP) is 0.921. The van der Waals surface area contributed by atoms with Crippen LogP contribution in [0.3, 0.4) is 0 Å². The van der Waals surface area contributed by atoms with Gasteiger partial charge in [-0.15, -0.1) is 0 Å². The van der Waals surface area contributed by atoms with Gasteiger partial charge < -0.3 is 14.4 Å². The van der Waals surface area contributed by atoms with Gasteiger partial charge in [0.05, 0.1) is 13.2 Å². The molecule has 3 heterocycles. The molecule has 3 rings (SSSR count). The van der Waals surface area contributed by atoms with Gasteiger partial charge in [0, 0.05) is 57.0 Å². The summed E-state index contributed by atoms with van der Waals surface area (Å²) in [7, 11) is 0. The van der Waals surface area contributed by atoms with E-state index in [0.717, 1.165) is 31.6 Å². The van der Waals surface area contributed by atoms with E-state index in [-0.39, 0.29) is 17.7 Å². The van der Waals surface area contributed by atoms with Crippen molar-refractivity contribution in [1.82, 2.24) is 14.9 Å². The smallest absolute Gasteiger partial charge is 0.225 e. The molecule has 0 aliphatic carbocycles. The zero-order valence-electron chi connectivity index (χ0n) is 12.8. The average molecular weight is 305 g/mol. The van der Waals surface area contributed by atoms with E-state index in [4.69, 9.17) is 9.47 Å². The molecule has 0 N–H and O–H groups in total. The minimum atomic E-state index is 0.112. The minimum Gasteiger partial charge on any atom is -0.381 e. The summed E-state index contributed by atoms with van der Waals surface area (Å²) in [5.41, 5.74) is 0. The van der Waals surface area contributed by atoms with Crippen molar-refractivity contribution in [1.29, 1.82) is 0 Å². The summed E-state index contributed by atoms with van der Waals surface area (Å²) in [6.07, 6.45) is 5.93. The highest BCUT2D eigenvalue weighted by Crippen LogP contribution is 2.20. The summed E-state index contributed by atoms with van der Waals surface area (Å²) in [6, 6.07) is 1.81. The third-order valence-electron chi connectivity index (χ3n) is 4.31. The normalized spacial score (nSPS) is 24.0. The number of ether oxygens (including phenoxy) is 2. The summed E-state index contributed by atoms with van der Waals surface area (Å²) < 4.78 is 11.0. The highest BCUT2D eigenvalue weighted by Gasteiger charge is 2.29. The number of carbonyl (C=O) groups excluding carboxylic acids is 1. The van der Waals surface area contributed by atoms with Crippen molar-refractivity contribution >= 4 is 5.91 Å². The standard InChI is InChI=1S/C16H23N3O3/c20-16(14-2-7-21-8-3-14)19-6-9-22-12-13(11-19)10-15-17-4-1-5-18-15/h1,4-5,13-14H,2-3,6-12H2/t13-/m1/s1. The molecule has 1 aromatic rings. The Balaban J connectivity index is 1.60. The first-order valence-corrected chi connectivity index (χ1v) is 8.03. The van der Waals surface area contributed by atoms with Crippen molar-refractivity contribution in [3.05, 3.63) is 24.3 Å². The Morgan fingerprint density at radius 1 is 1.18 bits per heavy atom. The Kier molecular flexibility index (Phi) is 5.34. The van der Waals surface area contributed by atoms with Crippen molar-refractivity contribution in [3.8, 4) is 0 Å². The lowest BCUT2D eigenvalue weighted by molar-refractivity contribution is -0.138. The zero-order valence-corrected chi connectivity index (χ0v) is 12.8. The van der Waals surface area contributed by atoms with Crippen LogP contribution in [0.4, 0.5) is 0 Å². The fraction of sp³-hybridized carbons (Fsp3) is 0.688. The van der Waals surface area contributed by atoms with E-state index in [2.05, 4.69) is 9.97 Å². The van der Waals surface area contributed by atoms with Gasteiger partial charge in [-0.05, 0) is 18.9 Å². The van der Waals surface area contributed by atoms with Gasteiger partial charge in [0.15, 0.2) is 0 Å². The zero-order chi connectivity index (χ0) is 15.2. The number of hydrogen-bond donors (Lipinski definition) is 0. The molecule has 1 atom stereocenters. The molecule has 0 spiro atoms. The fourth-order valence-electron chi connectivity index (χ4n) is 3.10. The number of aromatic nitrogens is 2. The lowest BCUT2D eigenvalue weighted by Gasteiger charge is -2.29. The van der Waals surface area contributed by atoms with Gasteiger partial charge in [0.2, 0.25) is 5.91 Å². The Morgan fingerprint density at radius 3 is 2.73 bits per heavy atom. The van der Waals surface area contributed by atoms with Gasteiger partial charge in [0.25, 0.3) is 0 Å². The third-order valence-corrected chi connectivity index (χ3v) is 4.31. The van der Waals surface area contributed by atoms with Crippen LogP contribution in [0.25, 0.3) is 0 Å². The van der Waals surface area contributed by atoms with Crippen LogP contribution in [0.2, 0.25) is 0 Å². The maximum absolute atomic E-state index is 12.7. The van der Waals surface area contributed by atoms with Crippen LogP contribution in [0, 0.1) is 11.8 Å². The molecule has 2 saturated heterocycles. The fourth-order valence-corrected chi connectivity index (χ4v) is 3.10. The molecule has 2 aliphatic heterocycles. The molecule has 0 radical (unpaired) electrons. The molecular formula is C16H23N3O3. The van der Waals surface area contributed by atoms with Gasteiger partial charge in [0.1, 0.15) is 5.82 Å². The van der Waals surface area contributed by atoms with Gasteiger partial charge >= 0.3 is 0 Å². The van der Waals surface area contributed by atoms with Gasteiger partial charge in [-0.3, -0.25) is 4.79 Å². The quantitative estimate of drug-likeness (QED) is 0.831. The second-order valence-electron chi connectivity index (χ2n) is 5.98. The number of amides is 1. The molecule has 2 fully saturated rings. The summed E-state index contributed by atoms with van der Waals surface area (Å²) in [5, 5.41) is 0. The molecule has 2 aliphatic rings. The van der Waals surface area contributed by atoms with Crippen LogP contribution >= 0.6 is 0 Å². The Morgan fingerprint density at radius 2 is 1.95 bits per heavy atom. The Labute approximate surface area is 130 Å². The predicted molar refractivity (Wildman–Crippen MR) is 80.2 cm³/mol. The second-order valence-corrected chi connectivity index (χ2v) is 5.98. The number of nitrogens with zero attached hydrogens (tertiary/aromatic N) is 3. The van der Waals surface area contributed by atoms with Crippen molar-refractivity contribution in [2.75, 3.05) is 39.5 Å². The van der Waals surface area contributed by atoms with Crippen molar-refractivity contribution in [3.63, 3.8) is 0 Å². The molecule has 120 valence electrons. The SMILES string of the molecule is O=C(C1CCOCC1)N1CCOC[C@H](Cc2ncccn2)C1. The maximum Gasteiger partial charge on any atom is 0.225 e. The molecule has 0 bridgehead atoms. The molecule has 6 nitrogen and oxygen atoms in total. The van der Waals surface area contributed by atoms with E-state index in [0.29, 0.717) is 33.0 Å². The van der Waals surface area contributed by atoms with Gasteiger partial charge in [-0.1, -0.05) is 0 Å². The monoisotopic (exact) mass is 305 g/mol. The minimum absolute atomic E-state index is 0.112. The van der Waals surface area contributed by atoms with E-state index < -0.39 is 0 Å². The third kappa shape index (κ3) is 4.01. The second kappa shape index (κ2) is 7.65. The van der Waals surface area contributed by atoms with Crippen molar-refractivity contribution < 1.29 is 14.3 Å². The first-order chi connectivity index (χ1) is 10.8. The Bertz CT molecular complexity index is 477. The number of hydrogen-bond acceptors (Lipinski definition) is 5. The van der Waals surface area contributed by atoms with Gasteiger partial charge in [-0.25, -0.2) is 9.97 Å². The highest BCUT2D eigenvalue weighted by atomic mass is 16.5. The topological polar surface area (TPSA) is 64.5 Å². The van der Waals surface area contributed by atoms with Crippen molar-refractivity contribution in [2.45, 2.75) is 19.3 Å².